The van der Waals surface area contributed by atoms with Crippen molar-refractivity contribution in [2.75, 3.05) is 14.2 Å². The average molecular weight is 292 g/mol. The Morgan fingerprint density at radius 2 is 2.00 bits per heavy atom. The number of hydrogen-bond donors (Lipinski definition) is 0. The van der Waals surface area contributed by atoms with Gasteiger partial charge in [0.2, 0.25) is 0 Å². The van der Waals surface area contributed by atoms with Crippen molar-refractivity contribution >= 4 is 17.4 Å². The Hall–Kier alpha value is -2.28. The van der Waals surface area contributed by atoms with Gasteiger partial charge in [0, 0.05) is 6.07 Å². The fourth-order valence-corrected chi connectivity index (χ4v) is 2.41. The van der Waals surface area contributed by atoms with E-state index in [1.165, 1.54) is 24.0 Å². The molecular weight excluding hydrogens is 280 g/mol. The third-order valence-electron chi connectivity index (χ3n) is 2.52. The smallest absolute Gasteiger partial charge is 0.287 e. The highest BCUT2D eigenvalue weighted by Gasteiger charge is 2.10. The number of rotatable bonds is 5. The predicted molar refractivity (Wildman–Crippen MR) is 74.6 cm³/mol. The Labute approximate surface area is 119 Å². The van der Waals surface area contributed by atoms with E-state index in [0.29, 0.717) is 16.5 Å². The zero-order valence-corrected chi connectivity index (χ0v) is 11.7. The zero-order chi connectivity index (χ0) is 14.5. The largest absolute Gasteiger partial charge is 0.497 e. The zero-order valence-electron chi connectivity index (χ0n) is 10.9. The van der Waals surface area contributed by atoms with Crippen molar-refractivity contribution in [3.8, 4) is 11.5 Å². The Kier molecular flexibility index (Phi) is 4.41. The molecule has 0 radical (unpaired) electrons. The monoisotopic (exact) mass is 292 g/mol. The first-order valence-electron chi connectivity index (χ1n) is 5.64. The van der Waals surface area contributed by atoms with Crippen LogP contribution in [-0.4, -0.2) is 24.1 Å². The van der Waals surface area contributed by atoms with Crippen molar-refractivity contribution in [2.45, 2.75) is 9.92 Å². The molecular formula is C13H12N2O4S. The van der Waals surface area contributed by atoms with Gasteiger partial charge in [0.25, 0.3) is 5.69 Å². The maximum absolute atomic E-state index is 10.6. The fourth-order valence-electron chi connectivity index (χ4n) is 1.52. The van der Waals surface area contributed by atoms with Crippen molar-refractivity contribution in [1.82, 2.24) is 4.98 Å². The maximum Gasteiger partial charge on any atom is 0.287 e. The van der Waals surface area contributed by atoms with Gasteiger partial charge in [-0.1, -0.05) is 11.8 Å². The minimum absolute atomic E-state index is 0.0352. The highest BCUT2D eigenvalue weighted by atomic mass is 32.2. The van der Waals surface area contributed by atoms with Gasteiger partial charge in [-0.2, -0.15) is 0 Å². The third kappa shape index (κ3) is 3.18. The molecule has 0 fully saturated rings. The molecule has 104 valence electrons. The first kappa shape index (κ1) is 14.1. The molecule has 2 rings (SSSR count). The molecule has 2 aromatic rings. The Bertz CT molecular complexity index is 616. The van der Waals surface area contributed by atoms with Gasteiger partial charge in [0.1, 0.15) is 22.7 Å². The van der Waals surface area contributed by atoms with E-state index in [1.807, 2.05) is 6.07 Å². The standard InChI is InChI=1S/C13H12N2O4S/c1-18-10-4-5-11(19-2)12(7-10)20-13-6-3-9(8-14-13)15(16)17/h3-8H,1-2H3. The van der Waals surface area contributed by atoms with Gasteiger partial charge in [0.15, 0.2) is 0 Å². The van der Waals surface area contributed by atoms with Crippen molar-refractivity contribution in [2.24, 2.45) is 0 Å². The lowest BCUT2D eigenvalue weighted by Crippen LogP contribution is -1.91. The molecule has 6 nitrogen and oxygen atoms in total. The number of nitrogens with zero attached hydrogens (tertiary/aromatic N) is 2. The fraction of sp³-hybridized carbons (Fsp3) is 0.154. The molecule has 1 aromatic carbocycles. The summed E-state index contributed by atoms with van der Waals surface area (Å²) in [6.07, 6.45) is 1.23. The van der Waals surface area contributed by atoms with E-state index in [9.17, 15) is 10.1 Å². The van der Waals surface area contributed by atoms with Gasteiger partial charge in [-0.3, -0.25) is 10.1 Å². The highest BCUT2D eigenvalue weighted by molar-refractivity contribution is 7.99. The van der Waals surface area contributed by atoms with Crippen LogP contribution < -0.4 is 9.47 Å². The molecule has 0 saturated heterocycles. The lowest BCUT2D eigenvalue weighted by atomic mass is 10.3. The molecule has 0 atom stereocenters. The van der Waals surface area contributed by atoms with Gasteiger partial charge >= 0.3 is 0 Å². The van der Waals surface area contributed by atoms with Crippen LogP contribution in [0.3, 0.4) is 0 Å². The lowest BCUT2D eigenvalue weighted by molar-refractivity contribution is -0.385. The lowest BCUT2D eigenvalue weighted by Gasteiger charge is -2.09. The van der Waals surface area contributed by atoms with Crippen LogP contribution in [0.1, 0.15) is 0 Å². The summed E-state index contributed by atoms with van der Waals surface area (Å²) in [5, 5.41) is 11.2. The maximum atomic E-state index is 10.6. The molecule has 0 unspecified atom stereocenters. The van der Waals surface area contributed by atoms with E-state index in [1.54, 1.807) is 32.4 Å². The van der Waals surface area contributed by atoms with Gasteiger partial charge in [0.05, 0.1) is 24.0 Å². The molecule has 0 spiro atoms. The van der Waals surface area contributed by atoms with Crippen molar-refractivity contribution in [3.05, 3.63) is 46.6 Å². The first-order valence-corrected chi connectivity index (χ1v) is 6.46. The van der Waals surface area contributed by atoms with Crippen LogP contribution in [0.25, 0.3) is 0 Å². The summed E-state index contributed by atoms with van der Waals surface area (Å²) >= 11 is 1.35. The number of hydrogen-bond acceptors (Lipinski definition) is 6. The Morgan fingerprint density at radius 1 is 1.20 bits per heavy atom. The number of methoxy groups -OCH3 is 2. The SMILES string of the molecule is COc1ccc(OC)c(Sc2ccc([N+](=O)[O-])cn2)c1. The topological polar surface area (TPSA) is 74.5 Å². The summed E-state index contributed by atoms with van der Waals surface area (Å²) in [7, 11) is 3.16. The minimum atomic E-state index is -0.479. The Morgan fingerprint density at radius 3 is 2.55 bits per heavy atom. The van der Waals surface area contributed by atoms with E-state index in [4.69, 9.17) is 9.47 Å². The summed E-state index contributed by atoms with van der Waals surface area (Å²) < 4.78 is 10.4. The van der Waals surface area contributed by atoms with Crippen molar-refractivity contribution in [3.63, 3.8) is 0 Å². The molecule has 0 amide bonds. The highest BCUT2D eigenvalue weighted by Crippen LogP contribution is 2.36. The summed E-state index contributed by atoms with van der Waals surface area (Å²) in [6.45, 7) is 0. The summed E-state index contributed by atoms with van der Waals surface area (Å²) in [6, 6.07) is 8.44. The molecule has 0 N–H and O–H groups in total. The van der Waals surface area contributed by atoms with E-state index < -0.39 is 4.92 Å². The van der Waals surface area contributed by atoms with Crippen LogP contribution in [-0.2, 0) is 0 Å². The summed E-state index contributed by atoms with van der Waals surface area (Å²) in [5.41, 5.74) is -0.0352. The molecule has 0 aliphatic heterocycles. The third-order valence-corrected chi connectivity index (χ3v) is 3.51. The second kappa shape index (κ2) is 6.25. The second-order valence-electron chi connectivity index (χ2n) is 3.73. The van der Waals surface area contributed by atoms with E-state index in [-0.39, 0.29) is 5.69 Å². The summed E-state index contributed by atoms with van der Waals surface area (Å²) in [4.78, 5) is 15.0. The average Bonchev–Trinajstić information content (AvgIpc) is 2.47. The molecule has 0 aliphatic rings. The number of benzene rings is 1. The van der Waals surface area contributed by atoms with Crippen LogP contribution in [0.4, 0.5) is 5.69 Å². The molecule has 20 heavy (non-hydrogen) atoms. The van der Waals surface area contributed by atoms with Crippen LogP contribution >= 0.6 is 11.8 Å². The van der Waals surface area contributed by atoms with Gasteiger partial charge in [-0.15, -0.1) is 0 Å². The van der Waals surface area contributed by atoms with Crippen LogP contribution in [0.5, 0.6) is 11.5 Å². The molecule has 0 saturated carbocycles. The number of ether oxygens (including phenoxy) is 2. The van der Waals surface area contributed by atoms with Crippen molar-refractivity contribution < 1.29 is 14.4 Å². The van der Waals surface area contributed by atoms with Gasteiger partial charge in [-0.25, -0.2) is 4.98 Å². The molecule has 1 aromatic heterocycles. The molecule has 1 heterocycles. The van der Waals surface area contributed by atoms with E-state index in [0.717, 1.165) is 4.90 Å². The van der Waals surface area contributed by atoms with Gasteiger partial charge in [-0.05, 0) is 24.3 Å². The quantitative estimate of drug-likeness (QED) is 0.622. The van der Waals surface area contributed by atoms with Crippen LogP contribution in [0, 0.1) is 10.1 Å². The van der Waals surface area contributed by atoms with Crippen LogP contribution in [0.15, 0.2) is 46.5 Å². The van der Waals surface area contributed by atoms with Gasteiger partial charge < -0.3 is 9.47 Å². The Balaban J connectivity index is 2.26. The minimum Gasteiger partial charge on any atom is -0.497 e. The predicted octanol–water partition coefficient (Wildman–Crippen LogP) is 3.16. The normalized spacial score (nSPS) is 10.1. The van der Waals surface area contributed by atoms with E-state index in [2.05, 4.69) is 4.98 Å². The van der Waals surface area contributed by atoms with Crippen LogP contribution in [0.2, 0.25) is 0 Å². The number of pyridine rings is 1. The molecule has 0 bridgehead atoms. The van der Waals surface area contributed by atoms with Crippen molar-refractivity contribution in [1.29, 1.82) is 0 Å². The molecule has 0 aliphatic carbocycles. The first-order chi connectivity index (χ1) is 9.63. The number of aromatic nitrogens is 1. The summed E-state index contributed by atoms with van der Waals surface area (Å²) in [5.74, 6) is 1.39. The second-order valence-corrected chi connectivity index (χ2v) is 4.79. The number of nitro groups is 1. The molecule has 7 heteroatoms. The van der Waals surface area contributed by atoms with E-state index >= 15 is 0 Å².